The van der Waals surface area contributed by atoms with E-state index in [0.717, 1.165) is 46.5 Å². The Morgan fingerprint density at radius 3 is 1.15 bits per heavy atom. The zero-order valence-corrected chi connectivity index (χ0v) is 57.0. The van der Waals surface area contributed by atoms with Gasteiger partial charge in [0.05, 0.1) is 69.5 Å². The van der Waals surface area contributed by atoms with Gasteiger partial charge in [-0.15, -0.1) is 0 Å². The van der Waals surface area contributed by atoms with Crippen molar-refractivity contribution in [1.82, 2.24) is 20.4 Å². The van der Waals surface area contributed by atoms with Gasteiger partial charge in [0, 0.05) is 51.4 Å². The van der Waals surface area contributed by atoms with Crippen molar-refractivity contribution < 1.29 is 62.4 Å². The van der Waals surface area contributed by atoms with Crippen molar-refractivity contribution >= 4 is 47.1 Å². The molecule has 0 radical (unpaired) electrons. The maximum absolute atomic E-state index is 14.0. The number of amides is 2. The fraction of sp³-hybridized carbons (Fsp3) is 0.443. The first-order valence-corrected chi connectivity index (χ1v) is 34.2. The van der Waals surface area contributed by atoms with Gasteiger partial charge in [-0.2, -0.15) is 0 Å². The van der Waals surface area contributed by atoms with Gasteiger partial charge in [0.1, 0.15) is 19.0 Å². The number of ketones is 3. The molecule has 5 N–H and O–H groups in total. The molecule has 2 heterocycles. The predicted molar refractivity (Wildman–Crippen MR) is 375 cm³/mol. The molecule has 97 heavy (non-hydrogen) atoms. The van der Waals surface area contributed by atoms with Crippen LogP contribution in [0.25, 0.3) is 0 Å². The number of aliphatic carboxylic acids is 1. The number of rotatable bonds is 36. The van der Waals surface area contributed by atoms with Crippen LogP contribution in [0, 0.1) is 29.6 Å². The number of esters is 2. The summed E-state index contributed by atoms with van der Waals surface area (Å²) in [5, 5.41) is 14.3. The Morgan fingerprint density at radius 2 is 0.784 bits per heavy atom. The number of Topliss-reactive ketones (excluding diaryl/α,β-unsaturated/α-hetero) is 3. The van der Waals surface area contributed by atoms with E-state index in [2.05, 4.69) is 15.5 Å². The number of hydrogen-bond acceptors (Lipinski definition) is 15. The van der Waals surface area contributed by atoms with Crippen molar-refractivity contribution in [3.05, 3.63) is 215 Å². The van der Waals surface area contributed by atoms with Crippen LogP contribution >= 0.6 is 0 Å². The van der Waals surface area contributed by atoms with Gasteiger partial charge in [-0.05, 0) is 96.6 Å². The van der Waals surface area contributed by atoms with Gasteiger partial charge in [0.25, 0.3) is 0 Å². The molecule has 6 atom stereocenters. The number of carbonyl (C=O) groups is 8. The highest BCUT2D eigenvalue weighted by Gasteiger charge is 2.34. The molecular formula is C79H101N5O13. The molecule has 0 aliphatic carbocycles. The summed E-state index contributed by atoms with van der Waals surface area (Å²) in [5.74, 6) is -4.37. The number of nitrogens with zero attached hydrogens (tertiary/aromatic N) is 2. The molecule has 2 aliphatic heterocycles. The minimum atomic E-state index is -0.786. The predicted octanol–water partition coefficient (Wildman–Crippen LogP) is 10.1. The topological polar surface area (TPSA) is 250 Å². The Hall–Kier alpha value is -8.52. The smallest absolute Gasteiger partial charge is 0.317 e. The van der Waals surface area contributed by atoms with Gasteiger partial charge in [-0.3, -0.25) is 48.2 Å². The number of carboxylic acid groups (broad SMARTS) is 1. The lowest BCUT2D eigenvalue weighted by molar-refractivity contribution is -0.152. The third kappa shape index (κ3) is 31.0. The summed E-state index contributed by atoms with van der Waals surface area (Å²) in [4.78, 5) is 108. The number of morpholine rings is 2. The summed E-state index contributed by atoms with van der Waals surface area (Å²) in [6.07, 6.45) is 3.88. The molecule has 520 valence electrons. The first-order chi connectivity index (χ1) is 46.9. The van der Waals surface area contributed by atoms with Gasteiger partial charge >= 0.3 is 17.9 Å². The summed E-state index contributed by atoms with van der Waals surface area (Å²) < 4.78 is 21.8. The summed E-state index contributed by atoms with van der Waals surface area (Å²) in [5.41, 5.74) is 12.0. The highest BCUT2D eigenvalue weighted by Crippen LogP contribution is 2.23. The van der Waals surface area contributed by atoms with Gasteiger partial charge < -0.3 is 40.4 Å². The number of ether oxygens (including phenoxy) is 4. The zero-order chi connectivity index (χ0) is 69.6. The van der Waals surface area contributed by atoms with Crippen molar-refractivity contribution in [1.29, 1.82) is 0 Å². The lowest BCUT2D eigenvalue weighted by atomic mass is 9.88. The van der Waals surface area contributed by atoms with E-state index in [-0.39, 0.29) is 86.6 Å². The van der Waals surface area contributed by atoms with Crippen molar-refractivity contribution in [2.24, 2.45) is 35.3 Å². The van der Waals surface area contributed by atoms with E-state index in [4.69, 9.17) is 29.8 Å². The molecule has 18 heteroatoms. The van der Waals surface area contributed by atoms with E-state index in [1.165, 1.54) is 0 Å². The van der Waals surface area contributed by atoms with E-state index in [1.807, 2.05) is 215 Å². The van der Waals surface area contributed by atoms with Crippen LogP contribution in [0.15, 0.2) is 182 Å². The second-order valence-corrected chi connectivity index (χ2v) is 25.9. The average Bonchev–Trinajstić information content (AvgIpc) is 1.95. The summed E-state index contributed by atoms with van der Waals surface area (Å²) in [6, 6.07) is 55.6. The monoisotopic (exact) mass is 1330 g/mol. The Balaban J connectivity index is 0.000000271. The Labute approximate surface area is 573 Å². The van der Waals surface area contributed by atoms with Crippen LogP contribution in [0.4, 0.5) is 0 Å². The minimum absolute atomic E-state index is 0.000865. The molecule has 8 rings (SSSR count). The number of nitrogens with one attached hydrogen (secondary N) is 2. The van der Waals surface area contributed by atoms with Gasteiger partial charge in [0.2, 0.25) is 11.8 Å². The van der Waals surface area contributed by atoms with Crippen LogP contribution < -0.4 is 16.4 Å². The highest BCUT2D eigenvalue weighted by atomic mass is 16.5. The number of benzene rings is 6. The number of hydrogen-bond donors (Lipinski definition) is 4. The molecule has 2 fully saturated rings. The Kier molecular flexibility index (Phi) is 34.8. The number of aryl methyl sites for hydroxylation is 2. The van der Waals surface area contributed by atoms with Gasteiger partial charge in [-0.25, -0.2) is 0 Å². The summed E-state index contributed by atoms with van der Waals surface area (Å²) in [7, 11) is 0. The third-order valence-electron chi connectivity index (χ3n) is 16.8. The number of nitrogens with two attached hydrogens (primary N) is 1. The first kappa shape index (κ1) is 77.5. The van der Waals surface area contributed by atoms with E-state index in [9.17, 15) is 38.4 Å². The fourth-order valence-electron chi connectivity index (χ4n) is 11.5. The number of carboxylic acids is 1. The van der Waals surface area contributed by atoms with Crippen LogP contribution in [0.1, 0.15) is 106 Å². The van der Waals surface area contributed by atoms with E-state index < -0.39 is 53.8 Å². The van der Waals surface area contributed by atoms with Crippen molar-refractivity contribution in [2.75, 3.05) is 65.7 Å². The van der Waals surface area contributed by atoms with Crippen molar-refractivity contribution in [3.8, 4) is 0 Å². The first-order valence-electron chi connectivity index (χ1n) is 34.2. The maximum atomic E-state index is 14.0. The van der Waals surface area contributed by atoms with Crippen molar-refractivity contribution in [3.63, 3.8) is 0 Å². The molecule has 2 saturated heterocycles. The second-order valence-electron chi connectivity index (χ2n) is 25.9. The summed E-state index contributed by atoms with van der Waals surface area (Å²) in [6.45, 7) is 14.0. The Bertz CT molecular complexity index is 3280. The normalized spacial score (nSPS) is 15.1. The van der Waals surface area contributed by atoms with Crippen molar-refractivity contribution in [2.45, 2.75) is 130 Å². The van der Waals surface area contributed by atoms with Crippen LogP contribution in [0.3, 0.4) is 0 Å². The second kappa shape index (κ2) is 43.6. The SMILES string of the molecule is CC(C)C[C@H](NC(=O)[C@@H](N)CCc1ccccc1)C(=O)C[C@@H](Cc1ccccc1)C(=O)OCc1ccccc1.CC(C)C[C@H](NC(=O)[C@H](CCc1ccccc1)CC(=O)CN1CCOCC1)C(=O)C[C@@H](Cc1ccccc1)C(=O)OCc1ccccc1.O=C(O)CN1CCOCC1. The van der Waals surface area contributed by atoms with Crippen LogP contribution in [-0.2, 0) is 96.2 Å². The fourth-order valence-corrected chi connectivity index (χ4v) is 11.5. The molecule has 0 unspecified atom stereocenters. The van der Waals surface area contributed by atoms with E-state index in [1.54, 1.807) is 0 Å². The summed E-state index contributed by atoms with van der Waals surface area (Å²) >= 11 is 0. The highest BCUT2D eigenvalue weighted by molar-refractivity contribution is 5.94. The zero-order valence-electron chi connectivity index (χ0n) is 57.0. The lowest BCUT2D eigenvalue weighted by Gasteiger charge is -2.27. The third-order valence-corrected chi connectivity index (χ3v) is 16.8. The van der Waals surface area contributed by atoms with Crippen LogP contribution in [0.2, 0.25) is 0 Å². The van der Waals surface area contributed by atoms with Gasteiger partial charge in [0.15, 0.2) is 11.6 Å². The molecule has 0 saturated carbocycles. The molecule has 0 spiro atoms. The molecule has 6 aromatic rings. The molecule has 2 amide bonds. The Morgan fingerprint density at radius 1 is 0.443 bits per heavy atom. The van der Waals surface area contributed by atoms with Gasteiger partial charge in [-0.1, -0.05) is 210 Å². The lowest BCUT2D eigenvalue weighted by Crippen LogP contribution is -2.49. The molecule has 6 aromatic carbocycles. The minimum Gasteiger partial charge on any atom is -0.480 e. The van der Waals surface area contributed by atoms with Crippen LogP contribution in [0.5, 0.6) is 0 Å². The van der Waals surface area contributed by atoms with E-state index >= 15 is 0 Å². The average molecular weight is 1330 g/mol. The maximum Gasteiger partial charge on any atom is 0.317 e. The van der Waals surface area contributed by atoms with Crippen LogP contribution in [-0.4, -0.2) is 146 Å². The molecule has 0 aromatic heterocycles. The molecule has 0 bridgehead atoms. The molecule has 18 nitrogen and oxygen atoms in total. The molecular weight excluding hydrogens is 1230 g/mol. The standard InChI is InChI=1S/C40H50N2O6.C33H40N2O4.C6H11NO3/c1-30(2)24-37(38(44)27-35(25-32-14-8-4-9-15-32)40(46)48-29-33-16-10-5-11-17-33)41-39(45)34(19-18-31-12-6-3-7-13-31)26-36(43)28-42-20-22-47-23-21-42;1-24(2)20-30(35-32(37)29(34)19-18-25-12-6-3-7-13-25)31(36)22-28(21-26-14-8-4-9-15-26)33(38)39-23-27-16-10-5-11-17-27;8-6(9)5-7-1-3-10-4-2-7/h3-17,30,34-35,37H,18-29H2,1-2H3,(H,41,45);3-17,24,28-30H,18-23,34H2,1-2H3,(H,35,37);1-5H2,(H,8,9)/t34-,35-,37+;28-,29+,30+;/m11./s1. The number of carbonyl (C=O) groups excluding carboxylic acids is 7. The largest absolute Gasteiger partial charge is 0.480 e. The van der Waals surface area contributed by atoms with E-state index in [0.29, 0.717) is 90.9 Å². The molecule has 2 aliphatic rings. The quantitative estimate of drug-likeness (QED) is 0.0267.